The highest BCUT2D eigenvalue weighted by Gasteiger charge is 1.95. The van der Waals surface area contributed by atoms with Gasteiger partial charge in [0.1, 0.15) is 24.8 Å². The van der Waals surface area contributed by atoms with E-state index in [0.717, 1.165) is 13.1 Å². The van der Waals surface area contributed by atoms with E-state index in [4.69, 9.17) is 15.0 Å². The third kappa shape index (κ3) is 10.5. The van der Waals surface area contributed by atoms with Gasteiger partial charge in [0, 0.05) is 0 Å². The number of hydrogen-bond acceptors (Lipinski definition) is 3. The molecule has 2 aromatic heterocycles. The van der Waals surface area contributed by atoms with Gasteiger partial charge < -0.3 is 15.0 Å². The Morgan fingerprint density at radius 2 is 1.23 bits per heavy atom. The summed E-state index contributed by atoms with van der Waals surface area (Å²) in [5.41, 5.74) is 0. The summed E-state index contributed by atoms with van der Waals surface area (Å²) >= 11 is 0. The Bertz CT molecular complexity index is 488. The molecule has 0 spiro atoms. The van der Waals surface area contributed by atoms with Crippen molar-refractivity contribution < 1.29 is 24.1 Å². The van der Waals surface area contributed by atoms with Gasteiger partial charge in [0.15, 0.2) is 0 Å². The largest absolute Gasteiger partial charge is 0.652 e. The first-order valence-corrected chi connectivity index (χ1v) is 7.29. The number of rotatable bonds is 4. The van der Waals surface area contributed by atoms with Crippen LogP contribution in [0, 0.1) is 0 Å². The molecule has 0 saturated heterocycles. The van der Waals surface area contributed by atoms with Gasteiger partial charge in [-0.2, -0.15) is 0 Å². The van der Waals surface area contributed by atoms with Crippen LogP contribution >= 0.6 is 0 Å². The molecule has 22 heavy (non-hydrogen) atoms. The van der Waals surface area contributed by atoms with Gasteiger partial charge in [0.2, 0.25) is 12.7 Å². The van der Waals surface area contributed by atoms with Crippen LogP contribution in [-0.4, -0.2) is 15.3 Å². The summed E-state index contributed by atoms with van der Waals surface area (Å²) in [4.78, 5) is 8.33. The van der Waals surface area contributed by atoms with Gasteiger partial charge in [-0.05, 0) is 19.0 Å². The second-order valence-corrected chi connectivity index (χ2v) is 4.88. The van der Waals surface area contributed by atoms with E-state index in [9.17, 15) is 0 Å². The Morgan fingerprint density at radius 3 is 1.41 bits per heavy atom. The number of aryl methyl sites for hydroxylation is 4. The maximum absolute atomic E-state index is 8.33. The smallest absolute Gasteiger partial charge is 0.243 e. The summed E-state index contributed by atoms with van der Waals surface area (Å²) in [6, 6.07) is 0. The fraction of sp³-hybridized carbons (Fsp3) is 0.533. The first-order chi connectivity index (χ1) is 10.4. The molecule has 0 aliphatic carbocycles. The summed E-state index contributed by atoms with van der Waals surface area (Å²) in [5.74, 6) is 0. The fourth-order valence-electron chi connectivity index (χ4n) is 1.78. The van der Waals surface area contributed by atoms with Crippen LogP contribution in [0.25, 0.3) is 0 Å². The molecular weight excluding hydrogens is 284 g/mol. The SMILES string of the molecule is CCCn1cc[n+](C)c1.CCCn1cc[n+](C)c1.O=C([O-])[O-]. The van der Waals surface area contributed by atoms with Crippen molar-refractivity contribution in [3.05, 3.63) is 37.4 Å². The van der Waals surface area contributed by atoms with Gasteiger partial charge in [-0.15, -0.1) is 0 Å². The number of carboxylic acid groups (broad SMARTS) is 2. The van der Waals surface area contributed by atoms with Crippen LogP contribution in [0.2, 0.25) is 0 Å². The average Bonchev–Trinajstić information content (AvgIpc) is 3.00. The molecule has 2 rings (SSSR count). The molecule has 0 fully saturated rings. The summed E-state index contributed by atoms with van der Waals surface area (Å²) in [5, 5.41) is 16.7. The van der Waals surface area contributed by atoms with Crippen molar-refractivity contribution in [3.63, 3.8) is 0 Å². The van der Waals surface area contributed by atoms with E-state index in [0.29, 0.717) is 0 Å². The lowest BCUT2D eigenvalue weighted by atomic mass is 10.5. The van der Waals surface area contributed by atoms with Gasteiger partial charge >= 0.3 is 0 Å². The van der Waals surface area contributed by atoms with Crippen molar-refractivity contribution in [3.8, 4) is 0 Å². The summed E-state index contributed by atoms with van der Waals surface area (Å²) in [6.45, 7) is 6.61. The van der Waals surface area contributed by atoms with Gasteiger partial charge in [0.05, 0.1) is 27.2 Å². The number of hydrogen-bond donors (Lipinski definition) is 0. The lowest BCUT2D eigenvalue weighted by molar-refractivity contribution is -0.671. The third-order valence-electron chi connectivity index (χ3n) is 2.61. The zero-order valence-corrected chi connectivity index (χ0v) is 13.8. The first-order valence-electron chi connectivity index (χ1n) is 7.29. The van der Waals surface area contributed by atoms with Crippen molar-refractivity contribution in [2.75, 3.05) is 0 Å². The minimum Gasteiger partial charge on any atom is -0.652 e. The van der Waals surface area contributed by atoms with E-state index in [1.807, 2.05) is 14.1 Å². The minimum atomic E-state index is -2.33. The molecule has 2 aromatic rings. The molecule has 0 atom stereocenters. The van der Waals surface area contributed by atoms with E-state index in [2.05, 4.69) is 69.6 Å². The summed E-state index contributed by atoms with van der Waals surface area (Å²) in [6.07, 6.45) is 12.5. The Labute approximate surface area is 131 Å². The Morgan fingerprint density at radius 1 is 0.909 bits per heavy atom. The monoisotopic (exact) mass is 310 g/mol. The Balaban J connectivity index is 0.000000326. The third-order valence-corrected chi connectivity index (χ3v) is 2.61. The van der Waals surface area contributed by atoms with Crippen LogP contribution in [0.5, 0.6) is 0 Å². The molecule has 7 heteroatoms. The maximum atomic E-state index is 8.33. The van der Waals surface area contributed by atoms with Crippen LogP contribution in [0.4, 0.5) is 4.79 Å². The highest BCUT2D eigenvalue weighted by molar-refractivity contribution is 5.47. The lowest BCUT2D eigenvalue weighted by Gasteiger charge is -1.96. The summed E-state index contributed by atoms with van der Waals surface area (Å²) in [7, 11) is 4.07. The van der Waals surface area contributed by atoms with Gasteiger partial charge in [-0.1, -0.05) is 13.8 Å². The Kier molecular flexibility index (Phi) is 10.2. The highest BCUT2D eigenvalue weighted by atomic mass is 16.6. The topological polar surface area (TPSA) is 80.8 Å². The van der Waals surface area contributed by atoms with E-state index >= 15 is 0 Å². The van der Waals surface area contributed by atoms with Crippen LogP contribution in [0.3, 0.4) is 0 Å². The molecule has 0 aliphatic rings. The van der Waals surface area contributed by atoms with Crippen molar-refractivity contribution in [1.82, 2.24) is 9.13 Å². The normalized spacial score (nSPS) is 9.27. The number of carbonyl (C=O) groups excluding carboxylic acids is 1. The molecule has 0 aromatic carbocycles. The van der Waals surface area contributed by atoms with Crippen LogP contribution in [-0.2, 0) is 27.2 Å². The second kappa shape index (κ2) is 11.4. The van der Waals surface area contributed by atoms with E-state index in [1.165, 1.54) is 12.8 Å². The van der Waals surface area contributed by atoms with E-state index < -0.39 is 6.16 Å². The lowest BCUT2D eigenvalue weighted by Crippen LogP contribution is -2.37. The molecule has 0 N–H and O–H groups in total. The zero-order valence-electron chi connectivity index (χ0n) is 13.8. The number of nitrogens with zero attached hydrogens (tertiary/aromatic N) is 4. The van der Waals surface area contributed by atoms with Crippen molar-refractivity contribution >= 4 is 6.16 Å². The van der Waals surface area contributed by atoms with Crippen molar-refractivity contribution in [2.45, 2.75) is 39.8 Å². The van der Waals surface area contributed by atoms with Crippen LogP contribution < -0.4 is 19.3 Å². The highest BCUT2D eigenvalue weighted by Crippen LogP contribution is 1.86. The summed E-state index contributed by atoms with van der Waals surface area (Å²) < 4.78 is 8.46. The minimum absolute atomic E-state index is 1.13. The molecular formula is C15H26N4O3. The standard InChI is InChI=1S/2C7H13N2.CH2O3/c2*1-3-4-9-6-5-8(2)7-9;2-1(3)4/h2*5-7H,3-4H2,1-2H3;(H2,2,3,4)/q2*+1;/p-2. The van der Waals surface area contributed by atoms with E-state index in [1.54, 1.807) is 0 Å². The second-order valence-electron chi connectivity index (χ2n) is 4.88. The van der Waals surface area contributed by atoms with E-state index in [-0.39, 0.29) is 0 Å². The molecule has 124 valence electrons. The molecule has 0 amide bonds. The van der Waals surface area contributed by atoms with Crippen LogP contribution in [0.15, 0.2) is 37.4 Å². The average molecular weight is 310 g/mol. The fourth-order valence-corrected chi connectivity index (χ4v) is 1.78. The Hall–Kier alpha value is -2.31. The first kappa shape index (κ1) is 19.7. The molecule has 0 saturated carbocycles. The maximum Gasteiger partial charge on any atom is 0.243 e. The molecule has 0 bridgehead atoms. The van der Waals surface area contributed by atoms with Crippen molar-refractivity contribution in [1.29, 1.82) is 0 Å². The zero-order chi connectivity index (χ0) is 17.0. The molecule has 2 heterocycles. The number of imidazole rings is 2. The number of aromatic nitrogens is 4. The number of carbonyl (C=O) groups is 1. The molecule has 7 nitrogen and oxygen atoms in total. The van der Waals surface area contributed by atoms with Gasteiger partial charge in [-0.3, -0.25) is 0 Å². The van der Waals surface area contributed by atoms with Gasteiger partial charge in [0.25, 0.3) is 0 Å². The molecule has 0 radical (unpaired) electrons. The predicted octanol–water partition coefficient (Wildman–Crippen LogP) is -1.00. The molecule has 0 aliphatic heterocycles. The predicted molar refractivity (Wildman–Crippen MR) is 77.2 cm³/mol. The van der Waals surface area contributed by atoms with Gasteiger partial charge in [-0.25, -0.2) is 18.3 Å². The molecule has 0 unspecified atom stereocenters. The van der Waals surface area contributed by atoms with Crippen LogP contribution in [0.1, 0.15) is 26.7 Å². The van der Waals surface area contributed by atoms with Crippen molar-refractivity contribution in [2.24, 2.45) is 14.1 Å². The quantitative estimate of drug-likeness (QED) is 0.679.